The Morgan fingerprint density at radius 3 is 2.69 bits per heavy atom. The van der Waals surface area contributed by atoms with E-state index in [9.17, 15) is 4.79 Å². The number of rotatable bonds is 5. The molecule has 0 spiro atoms. The first-order valence-electron chi connectivity index (χ1n) is 5.64. The number of hydrogen-bond donors (Lipinski definition) is 2. The van der Waals surface area contributed by atoms with Gasteiger partial charge < -0.3 is 10.4 Å². The van der Waals surface area contributed by atoms with Crippen molar-refractivity contribution >= 4 is 5.91 Å². The maximum absolute atomic E-state index is 11.9. The number of aryl methyl sites for hydroxylation is 1. The average molecular weight is 221 g/mol. The summed E-state index contributed by atoms with van der Waals surface area (Å²) in [4.78, 5) is 11.9. The summed E-state index contributed by atoms with van der Waals surface area (Å²) in [5.74, 6) is -0.0384. The van der Waals surface area contributed by atoms with Crippen LogP contribution in [-0.4, -0.2) is 23.7 Å². The number of amides is 1. The number of aliphatic hydroxyl groups excluding tert-OH is 1. The molecule has 3 nitrogen and oxygen atoms in total. The quantitative estimate of drug-likeness (QED) is 0.795. The molecule has 1 aromatic carbocycles. The average Bonchev–Trinajstić information content (AvgIpc) is 2.25. The Hall–Kier alpha value is -1.35. The molecule has 0 aromatic heterocycles. The van der Waals surface area contributed by atoms with E-state index in [4.69, 9.17) is 5.11 Å². The van der Waals surface area contributed by atoms with Crippen LogP contribution in [0, 0.1) is 0 Å². The van der Waals surface area contributed by atoms with Gasteiger partial charge in [-0.1, -0.05) is 18.2 Å². The van der Waals surface area contributed by atoms with Crippen LogP contribution in [0.25, 0.3) is 0 Å². The summed E-state index contributed by atoms with van der Waals surface area (Å²) in [5.41, 5.74) is 1.71. The van der Waals surface area contributed by atoms with Gasteiger partial charge in [0.05, 0.1) is 0 Å². The lowest BCUT2D eigenvalue weighted by atomic mass is 10.0. The summed E-state index contributed by atoms with van der Waals surface area (Å²) >= 11 is 0. The fraction of sp³-hybridized carbons (Fsp3) is 0.462. The molecule has 0 atom stereocenters. The molecule has 1 aromatic rings. The molecule has 16 heavy (non-hydrogen) atoms. The SMILES string of the molecule is CC(C)NC(=O)c1ccccc1CCCO. The van der Waals surface area contributed by atoms with Gasteiger partial charge in [0.15, 0.2) is 0 Å². The van der Waals surface area contributed by atoms with Crippen LogP contribution in [0.15, 0.2) is 24.3 Å². The molecule has 0 saturated carbocycles. The van der Waals surface area contributed by atoms with Crippen LogP contribution < -0.4 is 5.32 Å². The van der Waals surface area contributed by atoms with Crippen LogP contribution in [0.3, 0.4) is 0 Å². The third-order valence-corrected chi connectivity index (χ3v) is 2.29. The van der Waals surface area contributed by atoms with Gasteiger partial charge >= 0.3 is 0 Å². The molecule has 88 valence electrons. The standard InChI is InChI=1S/C13H19NO2/c1-10(2)14-13(16)12-8-4-3-6-11(12)7-5-9-15/h3-4,6,8,10,15H,5,7,9H2,1-2H3,(H,14,16). The third-order valence-electron chi connectivity index (χ3n) is 2.29. The molecule has 0 aliphatic rings. The molecule has 0 radical (unpaired) electrons. The van der Waals surface area contributed by atoms with E-state index in [2.05, 4.69) is 5.32 Å². The summed E-state index contributed by atoms with van der Waals surface area (Å²) in [7, 11) is 0. The molecular formula is C13H19NO2. The van der Waals surface area contributed by atoms with Crippen LogP contribution in [0.5, 0.6) is 0 Å². The van der Waals surface area contributed by atoms with E-state index in [1.807, 2.05) is 38.1 Å². The summed E-state index contributed by atoms with van der Waals surface area (Å²) in [6, 6.07) is 7.67. The van der Waals surface area contributed by atoms with E-state index in [-0.39, 0.29) is 18.6 Å². The maximum atomic E-state index is 11.9. The normalized spacial score (nSPS) is 10.5. The predicted octanol–water partition coefficient (Wildman–Crippen LogP) is 1.75. The second kappa shape index (κ2) is 6.28. The van der Waals surface area contributed by atoms with Gasteiger partial charge in [0.1, 0.15) is 0 Å². The van der Waals surface area contributed by atoms with Crippen LogP contribution in [0.1, 0.15) is 36.2 Å². The molecule has 0 saturated heterocycles. The number of carbonyl (C=O) groups is 1. The zero-order valence-electron chi connectivity index (χ0n) is 9.86. The molecule has 0 unspecified atom stereocenters. The first-order valence-corrected chi connectivity index (χ1v) is 5.64. The highest BCUT2D eigenvalue weighted by atomic mass is 16.2. The predicted molar refractivity (Wildman–Crippen MR) is 64.5 cm³/mol. The monoisotopic (exact) mass is 221 g/mol. The van der Waals surface area contributed by atoms with E-state index >= 15 is 0 Å². The van der Waals surface area contributed by atoms with Crippen molar-refractivity contribution < 1.29 is 9.90 Å². The molecule has 0 fully saturated rings. The van der Waals surface area contributed by atoms with E-state index in [1.165, 1.54) is 0 Å². The lowest BCUT2D eigenvalue weighted by Gasteiger charge is -2.11. The second-order valence-corrected chi connectivity index (χ2v) is 4.11. The summed E-state index contributed by atoms with van der Waals surface area (Å²) < 4.78 is 0. The fourth-order valence-corrected chi connectivity index (χ4v) is 1.57. The summed E-state index contributed by atoms with van der Waals surface area (Å²) in [6.07, 6.45) is 1.42. The first kappa shape index (κ1) is 12.7. The molecule has 0 aliphatic carbocycles. The van der Waals surface area contributed by atoms with Crippen molar-refractivity contribution in [3.63, 3.8) is 0 Å². The van der Waals surface area contributed by atoms with Crippen molar-refractivity contribution in [1.29, 1.82) is 0 Å². The Balaban J connectivity index is 2.81. The molecule has 2 N–H and O–H groups in total. The number of carbonyl (C=O) groups excluding carboxylic acids is 1. The van der Waals surface area contributed by atoms with Gasteiger partial charge in [0, 0.05) is 18.2 Å². The zero-order valence-corrected chi connectivity index (χ0v) is 9.86. The van der Waals surface area contributed by atoms with Gasteiger partial charge in [-0.05, 0) is 38.3 Å². The first-order chi connectivity index (χ1) is 7.65. The van der Waals surface area contributed by atoms with E-state index in [0.29, 0.717) is 12.0 Å². The van der Waals surface area contributed by atoms with Crippen molar-refractivity contribution in [2.75, 3.05) is 6.61 Å². The van der Waals surface area contributed by atoms with Crippen molar-refractivity contribution in [3.05, 3.63) is 35.4 Å². The van der Waals surface area contributed by atoms with Crippen LogP contribution in [0.2, 0.25) is 0 Å². The van der Waals surface area contributed by atoms with Crippen molar-refractivity contribution in [2.45, 2.75) is 32.7 Å². The molecule has 0 aliphatic heterocycles. The molecule has 3 heteroatoms. The van der Waals surface area contributed by atoms with Gasteiger partial charge in [-0.25, -0.2) is 0 Å². The van der Waals surface area contributed by atoms with Crippen molar-refractivity contribution in [3.8, 4) is 0 Å². The molecule has 0 heterocycles. The van der Waals surface area contributed by atoms with E-state index < -0.39 is 0 Å². The second-order valence-electron chi connectivity index (χ2n) is 4.11. The van der Waals surface area contributed by atoms with Gasteiger partial charge in [-0.15, -0.1) is 0 Å². The maximum Gasteiger partial charge on any atom is 0.251 e. The number of aliphatic hydroxyl groups is 1. The molecule has 1 rings (SSSR count). The number of nitrogens with one attached hydrogen (secondary N) is 1. The number of benzene rings is 1. The molecule has 0 bridgehead atoms. The van der Waals surface area contributed by atoms with Crippen LogP contribution in [0.4, 0.5) is 0 Å². The van der Waals surface area contributed by atoms with Crippen molar-refractivity contribution in [1.82, 2.24) is 5.32 Å². The highest BCUT2D eigenvalue weighted by Crippen LogP contribution is 2.11. The molecule has 1 amide bonds. The summed E-state index contributed by atoms with van der Waals surface area (Å²) in [6.45, 7) is 4.03. The van der Waals surface area contributed by atoms with Crippen LogP contribution in [-0.2, 0) is 6.42 Å². The lowest BCUT2D eigenvalue weighted by molar-refractivity contribution is 0.0942. The van der Waals surface area contributed by atoms with Gasteiger partial charge in [-0.2, -0.15) is 0 Å². The van der Waals surface area contributed by atoms with Gasteiger partial charge in [0.25, 0.3) is 5.91 Å². The Labute approximate surface area is 96.5 Å². The highest BCUT2D eigenvalue weighted by Gasteiger charge is 2.10. The van der Waals surface area contributed by atoms with Crippen LogP contribution >= 0.6 is 0 Å². The summed E-state index contributed by atoms with van der Waals surface area (Å²) in [5, 5.41) is 11.7. The minimum absolute atomic E-state index is 0.0384. The third kappa shape index (κ3) is 3.66. The van der Waals surface area contributed by atoms with E-state index in [0.717, 1.165) is 12.0 Å². The highest BCUT2D eigenvalue weighted by molar-refractivity contribution is 5.95. The number of hydrogen-bond acceptors (Lipinski definition) is 2. The van der Waals surface area contributed by atoms with Crippen molar-refractivity contribution in [2.24, 2.45) is 0 Å². The van der Waals surface area contributed by atoms with Gasteiger partial charge in [0.2, 0.25) is 0 Å². The smallest absolute Gasteiger partial charge is 0.251 e. The Bertz CT molecular complexity index is 348. The zero-order chi connectivity index (χ0) is 12.0. The van der Waals surface area contributed by atoms with Gasteiger partial charge in [-0.3, -0.25) is 4.79 Å². The fourth-order valence-electron chi connectivity index (χ4n) is 1.57. The van der Waals surface area contributed by atoms with E-state index in [1.54, 1.807) is 0 Å². The topological polar surface area (TPSA) is 49.3 Å². The molecular weight excluding hydrogens is 202 g/mol. The Morgan fingerprint density at radius 2 is 2.06 bits per heavy atom. The Kier molecular flexibility index (Phi) is 4.99. The largest absolute Gasteiger partial charge is 0.396 e. The lowest BCUT2D eigenvalue weighted by Crippen LogP contribution is -2.30. The Morgan fingerprint density at radius 1 is 1.38 bits per heavy atom. The minimum atomic E-state index is -0.0384. The minimum Gasteiger partial charge on any atom is -0.396 e.